The van der Waals surface area contributed by atoms with Gasteiger partial charge in [-0.15, -0.1) is 11.8 Å². The molecule has 162 valence electrons. The molecular formula is C22H27ClN2O4S. The van der Waals surface area contributed by atoms with E-state index in [0.29, 0.717) is 24.5 Å². The van der Waals surface area contributed by atoms with Crippen molar-refractivity contribution >= 4 is 35.2 Å². The van der Waals surface area contributed by atoms with Gasteiger partial charge >= 0.3 is 5.97 Å². The van der Waals surface area contributed by atoms with Crippen molar-refractivity contribution in [2.45, 2.75) is 36.5 Å². The predicted octanol–water partition coefficient (Wildman–Crippen LogP) is 4.32. The summed E-state index contributed by atoms with van der Waals surface area (Å²) in [7, 11) is 1.33. The third-order valence-corrected chi connectivity index (χ3v) is 6.35. The summed E-state index contributed by atoms with van der Waals surface area (Å²) in [6.45, 7) is 5.81. The molecule has 1 aliphatic heterocycles. The fourth-order valence-corrected chi connectivity index (χ4v) is 4.54. The van der Waals surface area contributed by atoms with E-state index in [1.165, 1.54) is 7.11 Å². The van der Waals surface area contributed by atoms with Crippen LogP contribution in [0.4, 0.5) is 0 Å². The summed E-state index contributed by atoms with van der Waals surface area (Å²) in [4.78, 5) is 29.6. The summed E-state index contributed by atoms with van der Waals surface area (Å²) in [6.07, 6.45) is 1.42. The molecule has 0 aliphatic carbocycles. The minimum Gasteiger partial charge on any atom is -0.463 e. The van der Waals surface area contributed by atoms with Gasteiger partial charge < -0.3 is 14.1 Å². The van der Waals surface area contributed by atoms with Crippen LogP contribution in [0, 0.1) is 0 Å². The molecule has 1 aromatic carbocycles. The zero-order valence-electron chi connectivity index (χ0n) is 17.3. The first-order valence-electron chi connectivity index (χ1n) is 10.0. The third-order valence-electron chi connectivity index (χ3n) is 4.98. The number of rotatable bonds is 7. The summed E-state index contributed by atoms with van der Waals surface area (Å²) in [5.74, 6) is 0.658. The number of methoxy groups -OCH3 is 1. The quantitative estimate of drug-likeness (QED) is 0.462. The molecule has 2 heterocycles. The highest BCUT2D eigenvalue weighted by Crippen LogP contribution is 2.27. The number of hydrogen-bond donors (Lipinski definition) is 0. The van der Waals surface area contributed by atoms with Crippen molar-refractivity contribution in [3.05, 3.63) is 52.9 Å². The van der Waals surface area contributed by atoms with Crippen LogP contribution >= 0.6 is 23.4 Å². The predicted molar refractivity (Wildman–Crippen MR) is 118 cm³/mol. The molecule has 0 saturated carbocycles. The molecular weight excluding hydrogens is 424 g/mol. The summed E-state index contributed by atoms with van der Waals surface area (Å²) in [5, 5.41) is 0.908. The van der Waals surface area contributed by atoms with Crippen molar-refractivity contribution in [2.24, 2.45) is 0 Å². The van der Waals surface area contributed by atoms with Crippen molar-refractivity contribution in [2.75, 3.05) is 33.3 Å². The number of hydrogen-bond acceptors (Lipinski definition) is 6. The van der Waals surface area contributed by atoms with E-state index in [2.05, 4.69) is 16.6 Å². The second-order valence-corrected chi connectivity index (χ2v) is 9.30. The minimum atomic E-state index is -0.473. The Labute approximate surface area is 186 Å². The fourth-order valence-electron chi connectivity index (χ4n) is 3.43. The Morgan fingerprint density at radius 2 is 1.90 bits per heavy atom. The normalized spacial score (nSPS) is 16.2. The topological polar surface area (TPSA) is 63.0 Å². The van der Waals surface area contributed by atoms with Gasteiger partial charge in [0, 0.05) is 47.8 Å². The van der Waals surface area contributed by atoms with Crippen LogP contribution in [-0.4, -0.2) is 60.2 Å². The molecule has 1 atom stereocenters. The summed E-state index contributed by atoms with van der Waals surface area (Å²) in [5.41, 5.74) is 0. The lowest BCUT2D eigenvalue weighted by molar-refractivity contribution is -0.131. The van der Waals surface area contributed by atoms with Crippen molar-refractivity contribution in [1.82, 2.24) is 9.80 Å². The first-order chi connectivity index (χ1) is 14.4. The number of benzene rings is 1. The number of thioether (sulfide) groups is 1. The molecule has 1 aromatic heterocycles. The Kier molecular flexibility index (Phi) is 8.24. The summed E-state index contributed by atoms with van der Waals surface area (Å²) >= 11 is 7.63. The van der Waals surface area contributed by atoms with Gasteiger partial charge in [-0.25, -0.2) is 4.79 Å². The Morgan fingerprint density at radius 3 is 2.63 bits per heavy atom. The third kappa shape index (κ3) is 6.52. The maximum Gasteiger partial charge on any atom is 0.373 e. The molecule has 1 amide bonds. The summed E-state index contributed by atoms with van der Waals surface area (Å²) < 4.78 is 10.2. The number of amides is 1. The first-order valence-corrected chi connectivity index (χ1v) is 11.3. The molecule has 1 unspecified atom stereocenters. The van der Waals surface area contributed by atoms with Gasteiger partial charge in [0.1, 0.15) is 5.76 Å². The molecule has 0 N–H and O–H groups in total. The monoisotopic (exact) mass is 450 g/mol. The van der Waals surface area contributed by atoms with Crippen molar-refractivity contribution in [1.29, 1.82) is 0 Å². The van der Waals surface area contributed by atoms with Crippen LogP contribution in [0.15, 0.2) is 45.7 Å². The van der Waals surface area contributed by atoms with Gasteiger partial charge in [-0.1, -0.05) is 18.5 Å². The average molecular weight is 451 g/mol. The zero-order chi connectivity index (χ0) is 21.5. The van der Waals surface area contributed by atoms with E-state index in [1.807, 2.05) is 29.2 Å². The number of halogens is 1. The van der Waals surface area contributed by atoms with Gasteiger partial charge in [0.2, 0.25) is 11.7 Å². The lowest BCUT2D eigenvalue weighted by atomic mass is 10.3. The van der Waals surface area contributed by atoms with Crippen molar-refractivity contribution in [3.63, 3.8) is 0 Å². The number of carbonyl (C=O) groups excluding carboxylic acids is 2. The first kappa shape index (κ1) is 22.7. The molecule has 8 heteroatoms. The Bertz CT molecular complexity index is 855. The van der Waals surface area contributed by atoms with Crippen LogP contribution in [0.5, 0.6) is 0 Å². The van der Waals surface area contributed by atoms with Gasteiger partial charge in [0.05, 0.1) is 13.7 Å². The molecule has 1 aliphatic rings. The molecule has 3 rings (SSSR count). The second-order valence-electron chi connectivity index (χ2n) is 7.35. The van der Waals surface area contributed by atoms with E-state index in [9.17, 15) is 9.59 Å². The van der Waals surface area contributed by atoms with Gasteiger partial charge in [0.25, 0.3) is 0 Å². The molecule has 2 aromatic rings. The molecule has 0 spiro atoms. The van der Waals surface area contributed by atoms with Gasteiger partial charge in [-0.2, -0.15) is 0 Å². The fraction of sp³-hybridized carbons (Fsp3) is 0.455. The van der Waals surface area contributed by atoms with Crippen LogP contribution in [-0.2, 0) is 16.1 Å². The standard InChI is InChI=1S/C22H27ClN2O4S/c1-16(30-19-7-4-17(23)5-8-19)14-21(26)25-11-3-10-24(12-13-25)15-18-6-9-20(29-18)22(27)28-2/h4-9,16H,3,10-15H2,1-2H3. The highest BCUT2D eigenvalue weighted by molar-refractivity contribution is 8.00. The van der Waals surface area contributed by atoms with Gasteiger partial charge in [0.15, 0.2) is 0 Å². The molecule has 1 saturated heterocycles. The van der Waals surface area contributed by atoms with Gasteiger partial charge in [-0.3, -0.25) is 9.69 Å². The Hall–Kier alpha value is -1.96. The van der Waals surface area contributed by atoms with E-state index < -0.39 is 5.97 Å². The SMILES string of the molecule is COC(=O)c1ccc(CN2CCCN(C(=O)CC(C)Sc3ccc(Cl)cc3)CC2)o1. The van der Waals surface area contributed by atoms with E-state index in [4.69, 9.17) is 16.0 Å². The van der Waals surface area contributed by atoms with E-state index in [1.54, 1.807) is 23.9 Å². The van der Waals surface area contributed by atoms with Crippen LogP contribution in [0.25, 0.3) is 0 Å². The largest absolute Gasteiger partial charge is 0.463 e. The second kappa shape index (κ2) is 10.9. The number of esters is 1. The molecule has 30 heavy (non-hydrogen) atoms. The number of nitrogens with zero attached hydrogens (tertiary/aromatic N) is 2. The molecule has 6 nitrogen and oxygen atoms in total. The van der Waals surface area contributed by atoms with E-state index >= 15 is 0 Å². The van der Waals surface area contributed by atoms with Gasteiger partial charge in [-0.05, 0) is 42.8 Å². The zero-order valence-corrected chi connectivity index (χ0v) is 18.9. The molecule has 0 bridgehead atoms. The van der Waals surface area contributed by atoms with Crippen LogP contribution < -0.4 is 0 Å². The Balaban J connectivity index is 1.46. The molecule has 1 fully saturated rings. The van der Waals surface area contributed by atoms with Crippen molar-refractivity contribution < 1.29 is 18.7 Å². The lowest BCUT2D eigenvalue weighted by Crippen LogP contribution is -2.36. The number of carbonyl (C=O) groups is 2. The van der Waals surface area contributed by atoms with Crippen molar-refractivity contribution in [3.8, 4) is 0 Å². The average Bonchev–Trinajstić information content (AvgIpc) is 3.06. The minimum absolute atomic E-state index is 0.191. The van der Waals surface area contributed by atoms with Crippen LogP contribution in [0.3, 0.4) is 0 Å². The number of furan rings is 1. The molecule has 0 radical (unpaired) electrons. The van der Waals surface area contributed by atoms with E-state index in [-0.39, 0.29) is 16.9 Å². The lowest BCUT2D eigenvalue weighted by Gasteiger charge is -2.23. The Morgan fingerprint density at radius 1 is 1.13 bits per heavy atom. The summed E-state index contributed by atoms with van der Waals surface area (Å²) in [6, 6.07) is 11.1. The smallest absolute Gasteiger partial charge is 0.373 e. The number of ether oxygens (including phenoxy) is 1. The van der Waals surface area contributed by atoms with E-state index in [0.717, 1.165) is 36.7 Å². The maximum absolute atomic E-state index is 12.8. The maximum atomic E-state index is 12.8. The highest BCUT2D eigenvalue weighted by atomic mass is 35.5. The van der Waals surface area contributed by atoms with Crippen LogP contribution in [0.2, 0.25) is 5.02 Å². The highest BCUT2D eigenvalue weighted by Gasteiger charge is 2.22. The van der Waals surface area contributed by atoms with Crippen LogP contribution in [0.1, 0.15) is 36.1 Å².